The number of hydrogen-bond acceptors (Lipinski definition) is 3. The molecular formula is C20H24ClN3O2. The van der Waals surface area contributed by atoms with E-state index in [1.165, 1.54) is 0 Å². The number of nitrogens with zero attached hydrogens (tertiary/aromatic N) is 2. The average molecular weight is 374 g/mol. The summed E-state index contributed by atoms with van der Waals surface area (Å²) < 4.78 is 7.43. The molecule has 3 rings (SSSR count). The molecule has 138 valence electrons. The molecule has 1 N–H and O–H groups in total. The third kappa shape index (κ3) is 4.54. The van der Waals surface area contributed by atoms with Crippen molar-refractivity contribution in [2.45, 2.75) is 39.3 Å². The molecule has 1 atom stereocenters. The van der Waals surface area contributed by atoms with Crippen LogP contribution in [-0.4, -0.2) is 34.9 Å². The van der Waals surface area contributed by atoms with Crippen molar-refractivity contribution in [3.05, 3.63) is 57.9 Å². The van der Waals surface area contributed by atoms with Gasteiger partial charge in [-0.2, -0.15) is 5.10 Å². The molecule has 0 aliphatic carbocycles. The fourth-order valence-electron chi connectivity index (χ4n) is 3.13. The molecule has 0 radical (unpaired) electrons. The topological polar surface area (TPSA) is 56.2 Å². The predicted molar refractivity (Wildman–Crippen MR) is 103 cm³/mol. The summed E-state index contributed by atoms with van der Waals surface area (Å²) in [5.74, 6) is -0.113. The second-order valence-electron chi connectivity index (χ2n) is 6.55. The SMILES string of the molecule is Cc1nn(Cc2ccccc2Cl)c(C)c1/C=C/C(=O)NCC1CCCO1. The molecule has 0 saturated carbocycles. The monoisotopic (exact) mass is 373 g/mol. The van der Waals surface area contributed by atoms with Gasteiger partial charge in [0.05, 0.1) is 18.3 Å². The number of benzene rings is 1. The van der Waals surface area contributed by atoms with Crippen molar-refractivity contribution in [3.8, 4) is 0 Å². The summed E-state index contributed by atoms with van der Waals surface area (Å²) in [6, 6.07) is 7.75. The van der Waals surface area contributed by atoms with E-state index in [1.807, 2.05) is 48.9 Å². The van der Waals surface area contributed by atoms with Crippen LogP contribution in [0, 0.1) is 13.8 Å². The number of carbonyl (C=O) groups is 1. The highest BCUT2D eigenvalue weighted by Crippen LogP contribution is 2.20. The van der Waals surface area contributed by atoms with Gasteiger partial charge in [0.15, 0.2) is 0 Å². The quantitative estimate of drug-likeness (QED) is 0.788. The normalized spacial score (nSPS) is 17.1. The molecule has 0 bridgehead atoms. The summed E-state index contributed by atoms with van der Waals surface area (Å²) in [7, 11) is 0. The number of halogens is 1. The van der Waals surface area contributed by atoms with E-state index in [-0.39, 0.29) is 12.0 Å². The largest absolute Gasteiger partial charge is 0.376 e. The average Bonchev–Trinajstić information content (AvgIpc) is 3.23. The maximum Gasteiger partial charge on any atom is 0.244 e. The van der Waals surface area contributed by atoms with E-state index in [2.05, 4.69) is 10.4 Å². The Kier molecular flexibility index (Phi) is 6.12. The lowest BCUT2D eigenvalue weighted by atomic mass is 10.1. The highest BCUT2D eigenvalue weighted by Gasteiger charge is 2.16. The molecule has 1 unspecified atom stereocenters. The number of aromatic nitrogens is 2. The van der Waals surface area contributed by atoms with Crippen LogP contribution in [0.3, 0.4) is 0 Å². The van der Waals surface area contributed by atoms with Gasteiger partial charge in [-0.15, -0.1) is 0 Å². The second-order valence-corrected chi connectivity index (χ2v) is 6.95. The van der Waals surface area contributed by atoms with Gasteiger partial charge in [-0.05, 0) is 44.4 Å². The van der Waals surface area contributed by atoms with Crippen LogP contribution in [0.15, 0.2) is 30.3 Å². The fourth-order valence-corrected chi connectivity index (χ4v) is 3.33. The molecule has 6 heteroatoms. The van der Waals surface area contributed by atoms with Crippen molar-refractivity contribution in [2.24, 2.45) is 0 Å². The van der Waals surface area contributed by atoms with Crippen LogP contribution >= 0.6 is 11.6 Å². The van der Waals surface area contributed by atoms with Gasteiger partial charge in [0.25, 0.3) is 0 Å². The molecule has 1 fully saturated rings. The van der Waals surface area contributed by atoms with Crippen molar-refractivity contribution >= 4 is 23.6 Å². The Morgan fingerprint density at radius 3 is 2.96 bits per heavy atom. The Hall–Kier alpha value is -2.11. The van der Waals surface area contributed by atoms with Crippen molar-refractivity contribution in [3.63, 3.8) is 0 Å². The molecule has 0 spiro atoms. The molecule has 2 heterocycles. The lowest BCUT2D eigenvalue weighted by Crippen LogP contribution is -2.30. The van der Waals surface area contributed by atoms with Gasteiger partial charge in [-0.3, -0.25) is 9.48 Å². The zero-order valence-corrected chi connectivity index (χ0v) is 15.9. The Balaban J connectivity index is 1.65. The number of aryl methyl sites for hydroxylation is 1. The van der Waals surface area contributed by atoms with E-state index in [0.29, 0.717) is 13.1 Å². The molecule has 1 aromatic heterocycles. The van der Waals surface area contributed by atoms with Gasteiger partial charge in [0, 0.05) is 35.5 Å². The number of amides is 1. The molecule has 2 aromatic rings. The number of ether oxygens (including phenoxy) is 1. The summed E-state index contributed by atoms with van der Waals surface area (Å²) in [6.45, 7) is 5.90. The summed E-state index contributed by atoms with van der Waals surface area (Å²) in [6.07, 6.45) is 5.61. The van der Waals surface area contributed by atoms with Gasteiger partial charge in [0.2, 0.25) is 5.91 Å². The van der Waals surface area contributed by atoms with E-state index in [1.54, 1.807) is 6.08 Å². The lowest BCUT2D eigenvalue weighted by Gasteiger charge is -2.09. The third-order valence-electron chi connectivity index (χ3n) is 4.64. The Bertz CT molecular complexity index is 807. The molecule has 5 nitrogen and oxygen atoms in total. The van der Waals surface area contributed by atoms with E-state index in [0.717, 1.165) is 47.0 Å². The molecule has 1 aliphatic rings. The van der Waals surface area contributed by atoms with Crippen LogP contribution in [0.25, 0.3) is 6.08 Å². The van der Waals surface area contributed by atoms with Gasteiger partial charge in [0.1, 0.15) is 0 Å². The zero-order valence-electron chi connectivity index (χ0n) is 15.2. The highest BCUT2D eigenvalue weighted by molar-refractivity contribution is 6.31. The van der Waals surface area contributed by atoms with Gasteiger partial charge >= 0.3 is 0 Å². The number of carbonyl (C=O) groups excluding carboxylic acids is 1. The van der Waals surface area contributed by atoms with Crippen LogP contribution in [0.5, 0.6) is 0 Å². The second kappa shape index (κ2) is 8.52. The summed E-state index contributed by atoms with van der Waals surface area (Å²) in [5, 5.41) is 8.21. The summed E-state index contributed by atoms with van der Waals surface area (Å²) >= 11 is 6.25. The minimum atomic E-state index is -0.113. The molecule has 1 aromatic carbocycles. The van der Waals surface area contributed by atoms with Crippen LogP contribution < -0.4 is 5.32 Å². The first-order valence-corrected chi connectivity index (χ1v) is 9.27. The lowest BCUT2D eigenvalue weighted by molar-refractivity contribution is -0.116. The first-order chi connectivity index (χ1) is 12.5. The van der Waals surface area contributed by atoms with E-state index < -0.39 is 0 Å². The Morgan fingerprint density at radius 2 is 2.23 bits per heavy atom. The van der Waals surface area contributed by atoms with E-state index >= 15 is 0 Å². The minimum absolute atomic E-state index is 0.113. The predicted octanol–water partition coefficient (Wildman–Crippen LogP) is 3.51. The standard InChI is InChI=1S/C20H24ClN3O2/c1-14-18(9-10-20(25)22-12-17-7-5-11-26-17)15(2)24(23-14)13-16-6-3-4-8-19(16)21/h3-4,6,8-10,17H,5,7,11-13H2,1-2H3,(H,22,25)/b10-9+. The fraction of sp³-hybridized carbons (Fsp3) is 0.400. The van der Waals surface area contributed by atoms with Crippen LogP contribution in [0.1, 0.15) is 35.4 Å². The van der Waals surface area contributed by atoms with Crippen molar-refractivity contribution < 1.29 is 9.53 Å². The first-order valence-electron chi connectivity index (χ1n) is 8.89. The molecule has 1 aliphatic heterocycles. The highest BCUT2D eigenvalue weighted by atomic mass is 35.5. The van der Waals surface area contributed by atoms with Crippen molar-refractivity contribution in [2.75, 3.05) is 13.2 Å². The van der Waals surface area contributed by atoms with Crippen LogP contribution in [0.4, 0.5) is 0 Å². The third-order valence-corrected chi connectivity index (χ3v) is 5.01. The van der Waals surface area contributed by atoms with Crippen LogP contribution in [-0.2, 0) is 16.1 Å². The van der Waals surface area contributed by atoms with Gasteiger partial charge in [-0.25, -0.2) is 0 Å². The zero-order chi connectivity index (χ0) is 18.5. The molecule has 1 amide bonds. The molecule has 1 saturated heterocycles. The maximum atomic E-state index is 12.0. The maximum absolute atomic E-state index is 12.0. The van der Waals surface area contributed by atoms with E-state index in [9.17, 15) is 4.79 Å². The number of rotatable bonds is 6. The number of nitrogens with one attached hydrogen (secondary N) is 1. The minimum Gasteiger partial charge on any atom is -0.376 e. The molecule has 26 heavy (non-hydrogen) atoms. The van der Waals surface area contributed by atoms with Crippen LogP contribution in [0.2, 0.25) is 5.02 Å². The smallest absolute Gasteiger partial charge is 0.244 e. The molecular weight excluding hydrogens is 350 g/mol. The van der Waals surface area contributed by atoms with E-state index in [4.69, 9.17) is 16.3 Å². The van der Waals surface area contributed by atoms with Gasteiger partial charge in [-0.1, -0.05) is 29.8 Å². The Labute approximate surface area is 159 Å². The summed E-state index contributed by atoms with van der Waals surface area (Å²) in [5.41, 5.74) is 3.87. The van der Waals surface area contributed by atoms with Gasteiger partial charge < -0.3 is 10.1 Å². The number of hydrogen-bond donors (Lipinski definition) is 1. The first kappa shape index (κ1) is 18.7. The summed E-state index contributed by atoms with van der Waals surface area (Å²) in [4.78, 5) is 12.0. The van der Waals surface area contributed by atoms with Crippen molar-refractivity contribution in [1.29, 1.82) is 0 Å². The Morgan fingerprint density at radius 1 is 1.42 bits per heavy atom. The van der Waals surface area contributed by atoms with Crippen molar-refractivity contribution in [1.82, 2.24) is 15.1 Å².